The molecule has 1 unspecified atom stereocenters. The summed E-state index contributed by atoms with van der Waals surface area (Å²) < 4.78 is 0. The van der Waals surface area contributed by atoms with Crippen molar-refractivity contribution in [1.29, 1.82) is 0 Å². The largest absolute Gasteiger partial charge is 0.481 e. The van der Waals surface area contributed by atoms with Crippen molar-refractivity contribution in [2.24, 2.45) is 0 Å². The van der Waals surface area contributed by atoms with Gasteiger partial charge in [-0.15, -0.1) is 11.8 Å². The van der Waals surface area contributed by atoms with Gasteiger partial charge in [0.1, 0.15) is 5.25 Å². The van der Waals surface area contributed by atoms with E-state index in [1.165, 1.54) is 0 Å². The van der Waals surface area contributed by atoms with Crippen LogP contribution in [-0.2, 0) is 14.4 Å². The van der Waals surface area contributed by atoms with Crippen molar-refractivity contribution in [3.8, 4) is 0 Å². The molecule has 0 saturated carbocycles. The van der Waals surface area contributed by atoms with Crippen LogP contribution in [0.3, 0.4) is 0 Å². The highest BCUT2D eigenvalue weighted by Crippen LogP contribution is 2.17. The van der Waals surface area contributed by atoms with Crippen LogP contribution in [0, 0.1) is 0 Å². The van der Waals surface area contributed by atoms with Crippen molar-refractivity contribution in [3.63, 3.8) is 0 Å². The molecule has 0 aromatic rings. The smallest absolute Gasteiger partial charge is 0.317 e. The molecule has 0 saturated heterocycles. The zero-order valence-electron chi connectivity index (χ0n) is 8.59. The average Bonchev–Trinajstić information content (AvgIpc) is 2.14. The Labute approximate surface area is 96.6 Å². The summed E-state index contributed by atoms with van der Waals surface area (Å²) in [5, 5.41) is 24.5. The Morgan fingerprint density at radius 3 is 2.06 bits per heavy atom. The Balaban J connectivity index is 3.72. The lowest BCUT2D eigenvalue weighted by Gasteiger charge is -2.08. The van der Waals surface area contributed by atoms with Crippen LogP contribution in [0.1, 0.15) is 25.7 Å². The molecule has 0 spiro atoms. The molecule has 0 amide bonds. The molecule has 0 aromatic heterocycles. The maximum atomic E-state index is 10.6. The van der Waals surface area contributed by atoms with Gasteiger partial charge >= 0.3 is 17.9 Å². The first-order valence-corrected chi connectivity index (χ1v) is 5.76. The molecule has 3 N–H and O–H groups in total. The second-order valence-electron chi connectivity index (χ2n) is 3.15. The quantitative estimate of drug-likeness (QED) is 0.521. The van der Waals surface area contributed by atoms with Gasteiger partial charge < -0.3 is 15.3 Å². The van der Waals surface area contributed by atoms with Gasteiger partial charge in [-0.2, -0.15) is 0 Å². The van der Waals surface area contributed by atoms with E-state index in [0.29, 0.717) is 18.6 Å². The lowest BCUT2D eigenvalue weighted by molar-refractivity contribution is -0.142. The Bertz CT molecular complexity index is 265. The number of rotatable bonds is 9. The van der Waals surface area contributed by atoms with Gasteiger partial charge in [0, 0.05) is 6.42 Å². The van der Waals surface area contributed by atoms with E-state index in [2.05, 4.69) is 0 Å². The van der Waals surface area contributed by atoms with Crippen molar-refractivity contribution in [2.75, 3.05) is 5.75 Å². The van der Waals surface area contributed by atoms with Gasteiger partial charge in [0.15, 0.2) is 0 Å². The molecule has 0 heterocycles. The summed E-state index contributed by atoms with van der Waals surface area (Å²) in [5.41, 5.74) is 0. The molecule has 0 rings (SSSR count). The van der Waals surface area contributed by atoms with Gasteiger partial charge in [-0.25, -0.2) is 0 Å². The fraction of sp³-hybridized carbons (Fsp3) is 0.667. The predicted molar refractivity (Wildman–Crippen MR) is 57.6 cm³/mol. The van der Waals surface area contributed by atoms with E-state index in [1.54, 1.807) is 0 Å². The summed E-state index contributed by atoms with van der Waals surface area (Å²) in [5.74, 6) is -2.72. The van der Waals surface area contributed by atoms with Gasteiger partial charge in [0.25, 0.3) is 0 Å². The maximum Gasteiger partial charge on any atom is 0.317 e. The second kappa shape index (κ2) is 7.98. The molecule has 1 atom stereocenters. The molecule has 0 aromatic carbocycles. The highest BCUT2D eigenvalue weighted by molar-refractivity contribution is 8.00. The standard InChI is InChI=1S/C9H14O6S/c10-7(11)3-1-2-4-16-6(9(14)15)5-8(12)13/h6H,1-5H2,(H,10,11)(H,12,13)(H,14,15). The predicted octanol–water partition coefficient (Wildman–Crippen LogP) is 0.902. The molecular formula is C9H14O6S. The second-order valence-corrected chi connectivity index (χ2v) is 4.46. The van der Waals surface area contributed by atoms with Crippen molar-refractivity contribution in [2.45, 2.75) is 30.9 Å². The first-order chi connectivity index (χ1) is 7.43. The molecule has 0 radical (unpaired) electrons. The Hall–Kier alpha value is -1.24. The Morgan fingerprint density at radius 2 is 1.62 bits per heavy atom. The van der Waals surface area contributed by atoms with E-state index in [0.717, 1.165) is 11.8 Å². The van der Waals surface area contributed by atoms with E-state index in [9.17, 15) is 14.4 Å². The molecule has 92 valence electrons. The number of hydrogen-bond acceptors (Lipinski definition) is 4. The molecule has 7 heteroatoms. The lowest BCUT2D eigenvalue weighted by atomic mass is 10.2. The summed E-state index contributed by atoms with van der Waals surface area (Å²) in [6.45, 7) is 0. The molecule has 0 aliphatic rings. The number of carboxylic acid groups (broad SMARTS) is 3. The van der Waals surface area contributed by atoms with Gasteiger partial charge in [-0.05, 0) is 18.6 Å². The molecule has 16 heavy (non-hydrogen) atoms. The van der Waals surface area contributed by atoms with E-state index in [-0.39, 0.29) is 6.42 Å². The highest BCUT2D eigenvalue weighted by Gasteiger charge is 2.20. The van der Waals surface area contributed by atoms with E-state index >= 15 is 0 Å². The molecule has 0 aliphatic heterocycles. The number of carbonyl (C=O) groups is 3. The molecule has 0 fully saturated rings. The van der Waals surface area contributed by atoms with E-state index in [4.69, 9.17) is 15.3 Å². The first-order valence-electron chi connectivity index (χ1n) is 4.71. The number of unbranched alkanes of at least 4 members (excludes halogenated alkanes) is 1. The van der Waals surface area contributed by atoms with Crippen LogP contribution in [0.15, 0.2) is 0 Å². The summed E-state index contributed by atoms with van der Waals surface area (Å²) in [4.78, 5) is 31.1. The minimum Gasteiger partial charge on any atom is -0.481 e. The minimum atomic E-state index is -1.15. The van der Waals surface area contributed by atoms with Gasteiger partial charge in [0.05, 0.1) is 6.42 Å². The van der Waals surface area contributed by atoms with Crippen LogP contribution in [0.25, 0.3) is 0 Å². The van der Waals surface area contributed by atoms with Gasteiger partial charge in [-0.3, -0.25) is 14.4 Å². The van der Waals surface area contributed by atoms with Crippen molar-refractivity contribution < 1.29 is 29.7 Å². The Kier molecular flexibility index (Phi) is 7.36. The zero-order valence-corrected chi connectivity index (χ0v) is 9.40. The lowest BCUT2D eigenvalue weighted by Crippen LogP contribution is -2.20. The van der Waals surface area contributed by atoms with Crippen LogP contribution >= 0.6 is 11.8 Å². The van der Waals surface area contributed by atoms with Crippen LogP contribution in [0.5, 0.6) is 0 Å². The van der Waals surface area contributed by atoms with E-state index in [1.807, 2.05) is 0 Å². The number of carboxylic acids is 3. The molecule has 6 nitrogen and oxygen atoms in total. The van der Waals surface area contributed by atoms with Crippen LogP contribution in [0.4, 0.5) is 0 Å². The monoisotopic (exact) mass is 250 g/mol. The maximum absolute atomic E-state index is 10.6. The molecule has 0 bridgehead atoms. The fourth-order valence-electron chi connectivity index (χ4n) is 0.980. The van der Waals surface area contributed by atoms with Crippen molar-refractivity contribution in [1.82, 2.24) is 0 Å². The fourth-order valence-corrected chi connectivity index (χ4v) is 2.04. The first kappa shape index (κ1) is 14.8. The van der Waals surface area contributed by atoms with Crippen molar-refractivity contribution >= 4 is 29.7 Å². The van der Waals surface area contributed by atoms with Crippen LogP contribution < -0.4 is 0 Å². The normalized spacial score (nSPS) is 12.0. The topological polar surface area (TPSA) is 112 Å². The van der Waals surface area contributed by atoms with Crippen LogP contribution in [0.2, 0.25) is 0 Å². The minimum absolute atomic E-state index is 0.0528. The summed E-state index contributed by atoms with van der Waals surface area (Å²) in [6.07, 6.45) is 0.679. The highest BCUT2D eigenvalue weighted by atomic mass is 32.2. The van der Waals surface area contributed by atoms with Crippen LogP contribution in [-0.4, -0.2) is 44.2 Å². The third-order valence-electron chi connectivity index (χ3n) is 1.74. The average molecular weight is 250 g/mol. The number of hydrogen-bond donors (Lipinski definition) is 3. The third kappa shape index (κ3) is 8.10. The van der Waals surface area contributed by atoms with Gasteiger partial charge in [-0.1, -0.05) is 0 Å². The molecular weight excluding hydrogens is 236 g/mol. The van der Waals surface area contributed by atoms with Crippen molar-refractivity contribution in [3.05, 3.63) is 0 Å². The molecule has 0 aliphatic carbocycles. The zero-order chi connectivity index (χ0) is 12.6. The number of aliphatic carboxylic acids is 3. The Morgan fingerprint density at radius 1 is 1.00 bits per heavy atom. The van der Waals surface area contributed by atoms with Gasteiger partial charge in [0.2, 0.25) is 0 Å². The number of thioether (sulfide) groups is 1. The summed E-state index contributed by atoms with van der Waals surface area (Å²) in [6, 6.07) is 0. The SMILES string of the molecule is O=C(O)CCCCSC(CC(=O)O)C(=O)O. The van der Waals surface area contributed by atoms with E-state index < -0.39 is 29.6 Å². The third-order valence-corrected chi connectivity index (χ3v) is 3.03. The summed E-state index contributed by atoms with van der Waals surface area (Å²) >= 11 is 1.04. The summed E-state index contributed by atoms with van der Waals surface area (Å²) in [7, 11) is 0.